The minimum atomic E-state index is -0.186. The summed E-state index contributed by atoms with van der Waals surface area (Å²) < 4.78 is 0.948. The molecule has 1 aromatic rings. The van der Waals surface area contributed by atoms with Crippen LogP contribution in [0.5, 0.6) is 0 Å². The van der Waals surface area contributed by atoms with Crippen LogP contribution >= 0.6 is 28.3 Å². The average Bonchev–Trinajstić information content (AvgIpc) is 2.53. The summed E-state index contributed by atoms with van der Waals surface area (Å²) in [5.41, 5.74) is 6.46. The Bertz CT molecular complexity index is 543. The lowest BCUT2D eigenvalue weighted by Gasteiger charge is -2.36. The predicted octanol–water partition coefficient (Wildman–Crippen LogP) is 2.14. The number of piperazine rings is 1. The van der Waals surface area contributed by atoms with E-state index in [9.17, 15) is 9.59 Å². The average molecular weight is 405 g/mol. The number of amides is 2. The molecule has 1 aliphatic rings. The maximum atomic E-state index is 12.4. The number of hydrogen-bond acceptors (Lipinski definition) is 3. The Hall–Kier alpha value is -1.11. The van der Waals surface area contributed by atoms with E-state index >= 15 is 0 Å². The molecule has 2 N–H and O–H groups in total. The van der Waals surface area contributed by atoms with Gasteiger partial charge in [-0.1, -0.05) is 22.9 Å². The highest BCUT2D eigenvalue weighted by Gasteiger charge is 2.28. The number of nitrogens with two attached hydrogens (primary N) is 1. The summed E-state index contributed by atoms with van der Waals surface area (Å²) >= 11 is 3.36. The van der Waals surface area contributed by atoms with Crippen LogP contribution in [0.15, 0.2) is 28.7 Å². The summed E-state index contributed by atoms with van der Waals surface area (Å²) in [5, 5.41) is 0. The van der Waals surface area contributed by atoms with Gasteiger partial charge in [0.15, 0.2) is 0 Å². The van der Waals surface area contributed by atoms with Crippen molar-refractivity contribution in [2.24, 2.45) is 11.7 Å². The fourth-order valence-corrected chi connectivity index (χ4v) is 2.68. The highest BCUT2D eigenvalue weighted by Crippen LogP contribution is 2.15. The number of rotatable bonds is 3. The van der Waals surface area contributed by atoms with E-state index in [0.717, 1.165) is 4.47 Å². The minimum absolute atomic E-state index is 0. The molecule has 0 radical (unpaired) electrons. The van der Waals surface area contributed by atoms with Gasteiger partial charge in [-0.3, -0.25) is 9.59 Å². The van der Waals surface area contributed by atoms with E-state index in [4.69, 9.17) is 5.73 Å². The molecule has 0 spiro atoms. The van der Waals surface area contributed by atoms with E-state index in [1.165, 1.54) is 0 Å². The van der Waals surface area contributed by atoms with Crippen LogP contribution in [0.2, 0.25) is 0 Å². The van der Waals surface area contributed by atoms with Crippen molar-refractivity contribution in [2.45, 2.75) is 19.9 Å². The molecule has 0 bridgehead atoms. The lowest BCUT2D eigenvalue weighted by atomic mass is 10.0. The molecule has 1 aliphatic heterocycles. The van der Waals surface area contributed by atoms with Gasteiger partial charge in [-0.2, -0.15) is 0 Å². The molecule has 2 unspecified atom stereocenters. The molecule has 0 saturated carbocycles. The van der Waals surface area contributed by atoms with Gasteiger partial charge in [-0.15, -0.1) is 12.4 Å². The van der Waals surface area contributed by atoms with Gasteiger partial charge in [0.05, 0.1) is 5.92 Å². The molecule has 1 saturated heterocycles. The summed E-state index contributed by atoms with van der Waals surface area (Å²) in [4.78, 5) is 28.3. The Morgan fingerprint density at radius 1 is 1.04 bits per heavy atom. The number of hydrogen-bond donors (Lipinski definition) is 1. The molecule has 128 valence electrons. The molecular weight excluding hydrogens is 382 g/mol. The van der Waals surface area contributed by atoms with Crippen molar-refractivity contribution in [3.05, 3.63) is 34.3 Å². The number of benzene rings is 1. The number of nitrogens with zero attached hydrogens (tertiary/aromatic N) is 2. The lowest BCUT2D eigenvalue weighted by molar-refractivity contribution is -0.137. The van der Waals surface area contributed by atoms with E-state index < -0.39 is 0 Å². The number of halogens is 2. The topological polar surface area (TPSA) is 66.6 Å². The molecule has 5 nitrogen and oxygen atoms in total. The van der Waals surface area contributed by atoms with E-state index in [2.05, 4.69) is 15.9 Å². The van der Waals surface area contributed by atoms with Crippen LogP contribution in [0, 0.1) is 5.92 Å². The molecule has 0 aromatic heterocycles. The van der Waals surface area contributed by atoms with Gasteiger partial charge in [-0.05, 0) is 31.2 Å². The third-order valence-corrected chi connectivity index (χ3v) is 4.68. The normalized spacial score (nSPS) is 17.2. The van der Waals surface area contributed by atoms with Crippen molar-refractivity contribution < 1.29 is 9.59 Å². The Balaban J connectivity index is 0.00000264. The maximum absolute atomic E-state index is 12.4. The van der Waals surface area contributed by atoms with Crippen molar-refractivity contribution in [3.8, 4) is 0 Å². The predicted molar refractivity (Wildman–Crippen MR) is 96.7 cm³/mol. The number of carbonyl (C=O) groups excluding carboxylic acids is 2. The second-order valence-electron chi connectivity index (χ2n) is 5.77. The van der Waals surface area contributed by atoms with Crippen molar-refractivity contribution in [2.75, 3.05) is 26.2 Å². The fraction of sp³-hybridized carbons (Fsp3) is 0.500. The Kier molecular flexibility index (Phi) is 7.51. The van der Waals surface area contributed by atoms with Gasteiger partial charge in [0, 0.05) is 42.3 Å². The van der Waals surface area contributed by atoms with E-state index in [0.29, 0.717) is 31.7 Å². The highest BCUT2D eigenvalue weighted by molar-refractivity contribution is 9.10. The van der Waals surface area contributed by atoms with Gasteiger partial charge >= 0.3 is 0 Å². The van der Waals surface area contributed by atoms with Crippen molar-refractivity contribution in [1.29, 1.82) is 0 Å². The standard InChI is InChI=1S/C16H22BrN3O2.ClH/c1-11(12(2)18)15(21)19-7-9-20(10-8-19)16(22)13-3-5-14(17)6-4-13;/h3-6,11-12H,7-10,18H2,1-2H3;1H. The Labute approximate surface area is 151 Å². The fourth-order valence-electron chi connectivity index (χ4n) is 2.42. The first-order chi connectivity index (χ1) is 10.4. The van der Waals surface area contributed by atoms with Crippen LogP contribution in [-0.4, -0.2) is 53.8 Å². The smallest absolute Gasteiger partial charge is 0.253 e. The first-order valence-electron chi connectivity index (χ1n) is 7.49. The van der Waals surface area contributed by atoms with E-state index in [1.807, 2.05) is 38.1 Å². The monoisotopic (exact) mass is 403 g/mol. The van der Waals surface area contributed by atoms with Gasteiger partial charge in [0.25, 0.3) is 5.91 Å². The quantitative estimate of drug-likeness (QED) is 0.839. The SMILES string of the molecule is CC(N)C(C)C(=O)N1CCN(C(=O)c2ccc(Br)cc2)CC1.Cl. The second kappa shape index (κ2) is 8.66. The first-order valence-corrected chi connectivity index (χ1v) is 8.28. The van der Waals surface area contributed by atoms with Crippen LogP contribution in [0.3, 0.4) is 0 Å². The molecule has 7 heteroatoms. The summed E-state index contributed by atoms with van der Waals surface area (Å²) in [6.07, 6.45) is 0. The summed E-state index contributed by atoms with van der Waals surface area (Å²) in [7, 11) is 0. The van der Waals surface area contributed by atoms with E-state index in [-0.39, 0.29) is 36.2 Å². The largest absolute Gasteiger partial charge is 0.339 e. The second-order valence-corrected chi connectivity index (χ2v) is 6.69. The summed E-state index contributed by atoms with van der Waals surface area (Å²) in [6, 6.07) is 7.17. The molecule has 1 heterocycles. The van der Waals surface area contributed by atoms with Crippen molar-refractivity contribution >= 4 is 40.2 Å². The van der Waals surface area contributed by atoms with Gasteiger partial charge in [-0.25, -0.2) is 0 Å². The molecule has 1 aromatic carbocycles. The zero-order valence-electron chi connectivity index (χ0n) is 13.4. The third kappa shape index (κ3) is 4.93. The summed E-state index contributed by atoms with van der Waals surface area (Å²) in [6.45, 7) is 5.96. The lowest BCUT2D eigenvalue weighted by Crippen LogP contribution is -2.53. The molecule has 0 aliphatic carbocycles. The first kappa shape index (κ1) is 19.9. The zero-order valence-corrected chi connectivity index (χ0v) is 15.8. The molecule has 1 fully saturated rings. The molecule has 2 atom stereocenters. The van der Waals surface area contributed by atoms with Crippen LogP contribution < -0.4 is 5.73 Å². The highest BCUT2D eigenvalue weighted by atomic mass is 79.9. The zero-order chi connectivity index (χ0) is 16.3. The third-order valence-electron chi connectivity index (χ3n) is 4.15. The van der Waals surface area contributed by atoms with Gasteiger partial charge < -0.3 is 15.5 Å². The Morgan fingerprint density at radius 3 is 2.00 bits per heavy atom. The van der Waals surface area contributed by atoms with Crippen LogP contribution in [0.25, 0.3) is 0 Å². The molecule has 2 amide bonds. The van der Waals surface area contributed by atoms with Gasteiger partial charge in [0.1, 0.15) is 0 Å². The van der Waals surface area contributed by atoms with Crippen LogP contribution in [-0.2, 0) is 4.79 Å². The molecule has 2 rings (SSSR count). The number of carbonyl (C=O) groups is 2. The van der Waals surface area contributed by atoms with Gasteiger partial charge in [0.2, 0.25) is 5.91 Å². The van der Waals surface area contributed by atoms with E-state index in [1.54, 1.807) is 9.80 Å². The summed E-state index contributed by atoms with van der Waals surface area (Å²) in [5.74, 6) is -0.0979. The van der Waals surface area contributed by atoms with Crippen molar-refractivity contribution in [3.63, 3.8) is 0 Å². The van der Waals surface area contributed by atoms with Crippen LogP contribution in [0.1, 0.15) is 24.2 Å². The van der Waals surface area contributed by atoms with Crippen LogP contribution in [0.4, 0.5) is 0 Å². The maximum Gasteiger partial charge on any atom is 0.253 e. The molecular formula is C16H23BrClN3O2. The molecule has 23 heavy (non-hydrogen) atoms. The Morgan fingerprint density at radius 2 is 1.52 bits per heavy atom. The van der Waals surface area contributed by atoms with Crippen molar-refractivity contribution in [1.82, 2.24) is 9.80 Å². The minimum Gasteiger partial charge on any atom is -0.339 e.